The molecule has 0 saturated carbocycles. The fourth-order valence-corrected chi connectivity index (χ4v) is 4.02. The number of ether oxygens (including phenoxy) is 1. The van der Waals surface area contributed by atoms with Gasteiger partial charge in [0.25, 0.3) is 0 Å². The highest BCUT2D eigenvalue weighted by Crippen LogP contribution is 2.22. The first-order valence-corrected chi connectivity index (χ1v) is 10.0. The van der Waals surface area contributed by atoms with E-state index >= 15 is 0 Å². The van der Waals surface area contributed by atoms with Gasteiger partial charge in [-0.1, -0.05) is 30.3 Å². The third-order valence-corrected chi connectivity index (χ3v) is 5.40. The third-order valence-electron chi connectivity index (χ3n) is 5.40. The van der Waals surface area contributed by atoms with Gasteiger partial charge in [0.15, 0.2) is 0 Å². The Bertz CT molecular complexity index is 619. The van der Waals surface area contributed by atoms with Crippen LogP contribution in [0.1, 0.15) is 32.3 Å². The maximum atomic E-state index is 12.8. The van der Waals surface area contributed by atoms with Crippen molar-refractivity contribution < 1.29 is 14.3 Å². The van der Waals surface area contributed by atoms with E-state index in [4.69, 9.17) is 4.74 Å². The molecule has 1 aromatic carbocycles. The van der Waals surface area contributed by atoms with Gasteiger partial charge in [-0.05, 0) is 38.7 Å². The minimum atomic E-state index is -0.0227. The summed E-state index contributed by atoms with van der Waals surface area (Å²) in [5.74, 6) is 0.247. The molecular weight excluding hydrogens is 342 g/mol. The van der Waals surface area contributed by atoms with E-state index in [2.05, 4.69) is 17.4 Å². The molecule has 27 heavy (non-hydrogen) atoms. The lowest BCUT2D eigenvalue weighted by atomic mass is 9.95. The van der Waals surface area contributed by atoms with Gasteiger partial charge >= 0.3 is 6.03 Å². The standard InChI is InChI=1S/C21H31N3O3/c1-16-14-24(15-17(2)27-16)20(25)19-9-12-23(13-10-19)21(26)22-11-8-18-6-4-3-5-7-18/h3-7,16-17,19H,8-15H2,1-2H3,(H,22,26)/t16-,17-/m1/s1. The van der Waals surface area contributed by atoms with Crippen molar-refractivity contribution in [2.24, 2.45) is 5.92 Å². The predicted molar refractivity (Wildman–Crippen MR) is 104 cm³/mol. The van der Waals surface area contributed by atoms with Crippen molar-refractivity contribution in [2.75, 3.05) is 32.7 Å². The molecule has 2 heterocycles. The van der Waals surface area contributed by atoms with Crippen LogP contribution < -0.4 is 5.32 Å². The molecule has 2 fully saturated rings. The Balaban J connectivity index is 1.40. The van der Waals surface area contributed by atoms with E-state index in [1.54, 1.807) is 0 Å². The molecular formula is C21H31N3O3. The van der Waals surface area contributed by atoms with E-state index in [9.17, 15) is 9.59 Å². The number of nitrogens with zero attached hydrogens (tertiary/aromatic N) is 2. The average Bonchev–Trinajstić information content (AvgIpc) is 2.67. The summed E-state index contributed by atoms with van der Waals surface area (Å²) >= 11 is 0. The van der Waals surface area contributed by atoms with E-state index in [1.807, 2.05) is 41.8 Å². The molecule has 0 unspecified atom stereocenters. The fraction of sp³-hybridized carbons (Fsp3) is 0.619. The van der Waals surface area contributed by atoms with Crippen molar-refractivity contribution in [3.63, 3.8) is 0 Å². The van der Waals surface area contributed by atoms with Crippen LogP contribution in [-0.4, -0.2) is 66.7 Å². The number of morpholine rings is 1. The second-order valence-corrected chi connectivity index (χ2v) is 7.73. The topological polar surface area (TPSA) is 61.9 Å². The zero-order chi connectivity index (χ0) is 19.2. The van der Waals surface area contributed by atoms with Crippen LogP contribution >= 0.6 is 0 Å². The average molecular weight is 373 g/mol. The van der Waals surface area contributed by atoms with Crippen LogP contribution in [0, 0.1) is 5.92 Å². The third kappa shape index (κ3) is 5.45. The Labute approximate surface area is 161 Å². The van der Waals surface area contributed by atoms with Crippen molar-refractivity contribution in [3.05, 3.63) is 35.9 Å². The van der Waals surface area contributed by atoms with Crippen molar-refractivity contribution in [1.29, 1.82) is 0 Å². The first-order valence-electron chi connectivity index (χ1n) is 10.0. The number of rotatable bonds is 4. The van der Waals surface area contributed by atoms with Crippen LogP contribution in [-0.2, 0) is 16.0 Å². The van der Waals surface area contributed by atoms with Crippen LogP contribution in [0.2, 0.25) is 0 Å². The summed E-state index contributed by atoms with van der Waals surface area (Å²) in [6.07, 6.45) is 2.49. The van der Waals surface area contributed by atoms with Crippen LogP contribution in [0.15, 0.2) is 30.3 Å². The molecule has 2 saturated heterocycles. The number of likely N-dealkylation sites (tertiary alicyclic amines) is 1. The van der Waals surface area contributed by atoms with Gasteiger partial charge in [-0.15, -0.1) is 0 Å². The molecule has 0 aliphatic carbocycles. The Morgan fingerprint density at radius 1 is 1.04 bits per heavy atom. The number of amides is 3. The summed E-state index contributed by atoms with van der Waals surface area (Å²) in [5, 5.41) is 3.00. The van der Waals surface area contributed by atoms with Gasteiger partial charge in [0.1, 0.15) is 0 Å². The van der Waals surface area contributed by atoms with E-state index in [0.717, 1.165) is 19.3 Å². The lowest BCUT2D eigenvalue weighted by molar-refractivity contribution is -0.148. The predicted octanol–water partition coefficient (Wildman–Crippen LogP) is 2.29. The van der Waals surface area contributed by atoms with Crippen molar-refractivity contribution >= 4 is 11.9 Å². The summed E-state index contributed by atoms with van der Waals surface area (Å²) in [5.41, 5.74) is 1.22. The molecule has 2 aliphatic heterocycles. The highest BCUT2D eigenvalue weighted by atomic mass is 16.5. The zero-order valence-electron chi connectivity index (χ0n) is 16.4. The second-order valence-electron chi connectivity index (χ2n) is 7.73. The number of urea groups is 1. The monoisotopic (exact) mass is 373 g/mol. The maximum absolute atomic E-state index is 12.8. The molecule has 3 rings (SSSR count). The van der Waals surface area contributed by atoms with Crippen LogP contribution in [0.4, 0.5) is 4.79 Å². The lowest BCUT2D eigenvalue weighted by Gasteiger charge is -2.39. The number of hydrogen-bond donors (Lipinski definition) is 1. The lowest BCUT2D eigenvalue weighted by Crippen LogP contribution is -2.52. The first-order chi connectivity index (χ1) is 13.0. The Kier molecular flexibility index (Phi) is 6.72. The summed E-state index contributed by atoms with van der Waals surface area (Å²) in [6.45, 7) is 7.28. The quantitative estimate of drug-likeness (QED) is 0.881. The smallest absolute Gasteiger partial charge is 0.317 e. The van der Waals surface area contributed by atoms with Crippen LogP contribution in [0.3, 0.4) is 0 Å². The van der Waals surface area contributed by atoms with Gasteiger partial charge in [0, 0.05) is 38.6 Å². The Morgan fingerprint density at radius 2 is 1.67 bits per heavy atom. The Morgan fingerprint density at radius 3 is 2.30 bits per heavy atom. The maximum Gasteiger partial charge on any atom is 0.317 e. The molecule has 3 amide bonds. The number of benzene rings is 1. The fourth-order valence-electron chi connectivity index (χ4n) is 4.02. The van der Waals surface area contributed by atoms with Gasteiger partial charge in [-0.25, -0.2) is 4.79 Å². The van der Waals surface area contributed by atoms with E-state index in [0.29, 0.717) is 32.7 Å². The van der Waals surface area contributed by atoms with Gasteiger partial charge in [-0.2, -0.15) is 0 Å². The number of piperidine rings is 1. The molecule has 6 nitrogen and oxygen atoms in total. The Hall–Kier alpha value is -2.08. The van der Waals surface area contributed by atoms with Gasteiger partial charge < -0.3 is 19.9 Å². The highest BCUT2D eigenvalue weighted by Gasteiger charge is 2.33. The highest BCUT2D eigenvalue weighted by molar-refractivity contribution is 5.80. The van der Waals surface area contributed by atoms with Crippen LogP contribution in [0.25, 0.3) is 0 Å². The molecule has 1 N–H and O–H groups in total. The van der Waals surface area contributed by atoms with Gasteiger partial charge in [-0.3, -0.25) is 4.79 Å². The largest absolute Gasteiger partial charge is 0.372 e. The normalized spacial score (nSPS) is 23.9. The van der Waals surface area contributed by atoms with E-state index in [1.165, 1.54) is 5.56 Å². The second kappa shape index (κ2) is 9.22. The number of carbonyl (C=O) groups excluding carboxylic acids is 2. The molecule has 0 bridgehead atoms. The summed E-state index contributed by atoms with van der Waals surface area (Å²) in [7, 11) is 0. The SMILES string of the molecule is C[C@@H]1CN(C(=O)C2CCN(C(=O)NCCc3ccccc3)CC2)C[C@@H](C)O1. The molecule has 1 aromatic rings. The van der Waals surface area contributed by atoms with Crippen molar-refractivity contribution in [3.8, 4) is 0 Å². The van der Waals surface area contributed by atoms with Crippen molar-refractivity contribution in [2.45, 2.75) is 45.3 Å². The first kappa shape index (κ1) is 19.7. The van der Waals surface area contributed by atoms with Crippen molar-refractivity contribution in [1.82, 2.24) is 15.1 Å². The molecule has 2 atom stereocenters. The minimum absolute atomic E-state index is 0.0227. The molecule has 0 spiro atoms. The molecule has 2 aliphatic rings. The minimum Gasteiger partial charge on any atom is -0.372 e. The molecule has 148 valence electrons. The zero-order valence-corrected chi connectivity index (χ0v) is 16.4. The summed E-state index contributed by atoms with van der Waals surface area (Å²) in [4.78, 5) is 28.9. The molecule has 0 radical (unpaired) electrons. The number of nitrogens with one attached hydrogen (secondary N) is 1. The number of hydrogen-bond acceptors (Lipinski definition) is 3. The van der Waals surface area contributed by atoms with Gasteiger partial charge in [0.05, 0.1) is 12.2 Å². The van der Waals surface area contributed by atoms with E-state index in [-0.39, 0.29) is 30.1 Å². The molecule has 6 heteroatoms. The van der Waals surface area contributed by atoms with Crippen LogP contribution in [0.5, 0.6) is 0 Å². The van der Waals surface area contributed by atoms with Gasteiger partial charge in [0.2, 0.25) is 5.91 Å². The summed E-state index contributed by atoms with van der Waals surface area (Å²) in [6, 6.07) is 10.1. The molecule has 0 aromatic heterocycles. The summed E-state index contributed by atoms with van der Waals surface area (Å²) < 4.78 is 5.72. The number of carbonyl (C=O) groups is 2. The van der Waals surface area contributed by atoms with E-state index < -0.39 is 0 Å².